The lowest BCUT2D eigenvalue weighted by Gasteiger charge is -2.33. The molecule has 6 amide bonds. The summed E-state index contributed by atoms with van der Waals surface area (Å²) in [5, 5.41) is 8.11. The first-order valence-electron chi connectivity index (χ1n) is 13.0. The van der Waals surface area contributed by atoms with Crippen LogP contribution in [0.4, 0.5) is 19.7 Å². The summed E-state index contributed by atoms with van der Waals surface area (Å²) in [7, 11) is 1.53. The minimum absolute atomic E-state index is 0.0601. The van der Waals surface area contributed by atoms with E-state index in [1.54, 1.807) is 17.0 Å². The molecule has 1 aliphatic heterocycles. The zero-order valence-corrected chi connectivity index (χ0v) is 21.6. The van der Waals surface area contributed by atoms with Crippen LogP contribution in [0, 0.1) is 11.7 Å². The molecule has 0 aromatic heterocycles. The zero-order chi connectivity index (χ0) is 27.0. The predicted molar refractivity (Wildman–Crippen MR) is 139 cm³/mol. The van der Waals surface area contributed by atoms with E-state index in [1.165, 1.54) is 19.2 Å². The van der Waals surface area contributed by atoms with Gasteiger partial charge in [-0.25, -0.2) is 14.0 Å². The van der Waals surface area contributed by atoms with Gasteiger partial charge in [0, 0.05) is 31.7 Å². The van der Waals surface area contributed by atoms with Crippen molar-refractivity contribution in [2.45, 2.75) is 57.2 Å². The van der Waals surface area contributed by atoms with E-state index in [2.05, 4.69) is 16.0 Å². The molecule has 2 fully saturated rings. The first kappa shape index (κ1) is 25.7. The summed E-state index contributed by atoms with van der Waals surface area (Å²) in [6.45, 7) is 1.91. The summed E-state index contributed by atoms with van der Waals surface area (Å²) >= 11 is 0. The van der Waals surface area contributed by atoms with Gasteiger partial charge in [0.1, 0.15) is 17.9 Å². The first-order chi connectivity index (χ1) is 18.2. The van der Waals surface area contributed by atoms with Crippen LogP contribution in [0.5, 0.6) is 0 Å². The summed E-state index contributed by atoms with van der Waals surface area (Å²) in [6.07, 6.45) is 3.33. The van der Waals surface area contributed by atoms with E-state index in [9.17, 15) is 23.6 Å². The molecule has 3 N–H and O–H groups in total. The fourth-order valence-electron chi connectivity index (χ4n) is 5.48. The zero-order valence-electron chi connectivity index (χ0n) is 21.6. The van der Waals surface area contributed by atoms with E-state index in [0.29, 0.717) is 24.4 Å². The Bertz CT molecular complexity index is 1280. The van der Waals surface area contributed by atoms with Crippen LogP contribution in [0.25, 0.3) is 0 Å². The predicted octanol–water partition coefficient (Wildman–Crippen LogP) is 3.18. The lowest BCUT2D eigenvalue weighted by Crippen LogP contribution is -2.52. The van der Waals surface area contributed by atoms with E-state index in [0.717, 1.165) is 34.4 Å². The Balaban J connectivity index is 1.32. The van der Waals surface area contributed by atoms with Gasteiger partial charge in [-0.15, -0.1) is 0 Å². The Labute approximate surface area is 220 Å². The number of nitrogens with zero attached hydrogens (tertiary/aromatic N) is 2. The number of anilines is 1. The number of amides is 6. The van der Waals surface area contributed by atoms with Crippen molar-refractivity contribution in [3.63, 3.8) is 0 Å². The highest BCUT2D eigenvalue weighted by molar-refractivity contribution is 6.09. The highest BCUT2D eigenvalue weighted by atomic mass is 19.1. The van der Waals surface area contributed by atoms with Gasteiger partial charge in [-0.05, 0) is 79.5 Å². The standard InChI is InChI=1S/C28H32FN5O4/c1-17(19-5-6-19)33(15-18-3-8-22(29)9-4-18)24(35)16-34-25(36)28(32-27(34)38)12-11-20-7-10-23(13-21(20)14-28)31-26(37)30-2/h3-4,7-10,13,17,19H,5-6,11-12,14-16H2,1-2H3,(H,32,38)(H2,30,31,37). The van der Waals surface area contributed by atoms with Crippen molar-refractivity contribution >= 4 is 29.6 Å². The van der Waals surface area contributed by atoms with Crippen molar-refractivity contribution in [3.05, 3.63) is 65.0 Å². The van der Waals surface area contributed by atoms with Crippen LogP contribution >= 0.6 is 0 Å². The Morgan fingerprint density at radius 2 is 1.89 bits per heavy atom. The number of carbonyl (C=O) groups is 4. The van der Waals surface area contributed by atoms with Gasteiger partial charge in [0.25, 0.3) is 5.91 Å². The molecule has 2 aliphatic carbocycles. The van der Waals surface area contributed by atoms with Crippen LogP contribution in [0.3, 0.4) is 0 Å². The molecule has 38 heavy (non-hydrogen) atoms. The van der Waals surface area contributed by atoms with Crippen LogP contribution < -0.4 is 16.0 Å². The number of rotatable bonds is 7. The number of urea groups is 2. The van der Waals surface area contributed by atoms with Gasteiger partial charge in [0.15, 0.2) is 0 Å². The Hall–Kier alpha value is -3.95. The highest BCUT2D eigenvalue weighted by Crippen LogP contribution is 2.37. The molecule has 2 unspecified atom stereocenters. The number of fused-ring (bicyclic) bond motifs is 1. The molecule has 2 atom stereocenters. The lowest BCUT2D eigenvalue weighted by molar-refractivity contribution is -0.141. The molecular formula is C28H32FN5O4. The van der Waals surface area contributed by atoms with Crippen LogP contribution in [0.2, 0.25) is 0 Å². The van der Waals surface area contributed by atoms with E-state index in [-0.39, 0.29) is 43.3 Å². The summed E-state index contributed by atoms with van der Waals surface area (Å²) in [5.74, 6) is -0.701. The average Bonchev–Trinajstić information content (AvgIpc) is 3.73. The maximum Gasteiger partial charge on any atom is 0.325 e. The third-order valence-electron chi connectivity index (χ3n) is 7.93. The molecule has 200 valence electrons. The molecule has 3 aliphatic rings. The summed E-state index contributed by atoms with van der Waals surface area (Å²) in [5.41, 5.74) is 2.17. The smallest absolute Gasteiger partial charge is 0.325 e. The second-order valence-corrected chi connectivity index (χ2v) is 10.5. The quantitative estimate of drug-likeness (QED) is 0.486. The SMILES string of the molecule is CNC(=O)Nc1ccc2c(c1)CC1(CC2)NC(=O)N(CC(=O)N(Cc2ccc(F)cc2)C(C)C2CC2)C1=O. The molecule has 2 aromatic carbocycles. The van der Waals surface area contributed by atoms with Gasteiger partial charge in [-0.1, -0.05) is 18.2 Å². The van der Waals surface area contributed by atoms with Crippen molar-refractivity contribution in [1.82, 2.24) is 20.4 Å². The topological polar surface area (TPSA) is 111 Å². The largest absolute Gasteiger partial charge is 0.341 e. The fraction of sp³-hybridized carbons (Fsp3) is 0.429. The van der Waals surface area contributed by atoms with E-state index in [1.807, 2.05) is 25.1 Å². The number of benzene rings is 2. The van der Waals surface area contributed by atoms with Crippen LogP contribution in [-0.4, -0.2) is 58.8 Å². The van der Waals surface area contributed by atoms with Crippen LogP contribution in [0.1, 0.15) is 42.9 Å². The highest BCUT2D eigenvalue weighted by Gasteiger charge is 2.53. The molecule has 9 nitrogen and oxygen atoms in total. The summed E-state index contributed by atoms with van der Waals surface area (Å²) in [4.78, 5) is 54.6. The third-order valence-corrected chi connectivity index (χ3v) is 7.93. The van der Waals surface area contributed by atoms with Gasteiger partial charge in [-0.2, -0.15) is 0 Å². The second-order valence-electron chi connectivity index (χ2n) is 10.5. The van der Waals surface area contributed by atoms with Gasteiger partial charge in [0.2, 0.25) is 5.91 Å². The Morgan fingerprint density at radius 1 is 1.16 bits per heavy atom. The Morgan fingerprint density at radius 3 is 2.58 bits per heavy atom. The van der Waals surface area contributed by atoms with Crippen molar-refractivity contribution < 1.29 is 23.6 Å². The first-order valence-corrected chi connectivity index (χ1v) is 13.0. The fourth-order valence-corrected chi connectivity index (χ4v) is 5.48. The van der Waals surface area contributed by atoms with E-state index < -0.39 is 17.5 Å². The average molecular weight is 522 g/mol. The lowest BCUT2D eigenvalue weighted by atomic mass is 9.77. The number of hydrogen-bond donors (Lipinski definition) is 3. The van der Waals surface area contributed by atoms with Crippen molar-refractivity contribution in [2.24, 2.45) is 5.92 Å². The molecule has 0 bridgehead atoms. The van der Waals surface area contributed by atoms with Gasteiger partial charge in [-0.3, -0.25) is 14.5 Å². The molecule has 1 heterocycles. The monoisotopic (exact) mass is 521 g/mol. The van der Waals surface area contributed by atoms with E-state index >= 15 is 0 Å². The number of imide groups is 1. The van der Waals surface area contributed by atoms with Crippen molar-refractivity contribution in [2.75, 3.05) is 18.9 Å². The van der Waals surface area contributed by atoms with Crippen LogP contribution in [0.15, 0.2) is 42.5 Å². The number of hydrogen-bond acceptors (Lipinski definition) is 4. The molecule has 10 heteroatoms. The molecular weight excluding hydrogens is 489 g/mol. The molecule has 0 radical (unpaired) electrons. The number of nitrogens with one attached hydrogen (secondary N) is 3. The summed E-state index contributed by atoms with van der Waals surface area (Å²) in [6, 6.07) is 10.6. The minimum Gasteiger partial charge on any atom is -0.341 e. The third kappa shape index (κ3) is 5.07. The summed E-state index contributed by atoms with van der Waals surface area (Å²) < 4.78 is 13.4. The second kappa shape index (κ2) is 10.1. The molecule has 1 saturated carbocycles. The van der Waals surface area contributed by atoms with Gasteiger partial charge < -0.3 is 20.9 Å². The molecule has 1 saturated heterocycles. The normalized spacial score (nSPS) is 21.1. The maximum absolute atomic E-state index is 13.6. The van der Waals surface area contributed by atoms with Crippen LogP contribution in [-0.2, 0) is 29.0 Å². The number of carbonyl (C=O) groups excluding carboxylic acids is 4. The molecule has 2 aromatic rings. The van der Waals surface area contributed by atoms with Gasteiger partial charge >= 0.3 is 12.1 Å². The molecule has 1 spiro atoms. The van der Waals surface area contributed by atoms with Crippen molar-refractivity contribution in [1.29, 1.82) is 0 Å². The van der Waals surface area contributed by atoms with Crippen molar-refractivity contribution in [3.8, 4) is 0 Å². The number of aryl methyl sites for hydroxylation is 1. The molecule has 5 rings (SSSR count). The minimum atomic E-state index is -1.13. The number of halogens is 1. The Kier molecular flexibility index (Phi) is 6.81. The maximum atomic E-state index is 13.6. The van der Waals surface area contributed by atoms with Gasteiger partial charge in [0.05, 0.1) is 0 Å². The van der Waals surface area contributed by atoms with E-state index in [4.69, 9.17) is 0 Å².